The quantitative estimate of drug-likeness (QED) is 0.788. The van der Waals surface area contributed by atoms with Gasteiger partial charge in [-0.15, -0.1) is 0 Å². The Labute approximate surface area is 112 Å². The van der Waals surface area contributed by atoms with E-state index in [-0.39, 0.29) is 0 Å². The lowest BCUT2D eigenvalue weighted by Gasteiger charge is -2.10. The van der Waals surface area contributed by atoms with Crippen LogP contribution in [-0.4, -0.2) is 26.2 Å². The minimum atomic E-state index is 0.617. The predicted molar refractivity (Wildman–Crippen MR) is 76.4 cm³/mol. The van der Waals surface area contributed by atoms with Crippen LogP contribution in [0.2, 0.25) is 5.02 Å². The maximum Gasteiger partial charge on any atom is 0.127 e. The van der Waals surface area contributed by atoms with E-state index in [0.717, 1.165) is 34.6 Å². The van der Waals surface area contributed by atoms with Gasteiger partial charge in [0.1, 0.15) is 12.4 Å². The van der Waals surface area contributed by atoms with Crippen molar-refractivity contribution in [3.8, 4) is 5.75 Å². The molecule has 0 saturated heterocycles. The first kappa shape index (κ1) is 13.1. The molecule has 3 nitrogen and oxygen atoms in total. The summed E-state index contributed by atoms with van der Waals surface area (Å²) in [5.74, 6) is 0.865. The zero-order valence-electron chi connectivity index (χ0n) is 10.2. The second-order valence-electron chi connectivity index (χ2n) is 3.98. The molecular weight excluding hydrogens is 248 g/mol. The van der Waals surface area contributed by atoms with Crippen molar-refractivity contribution in [1.82, 2.24) is 5.32 Å². The molecule has 0 aliphatic rings. The highest BCUT2D eigenvalue weighted by molar-refractivity contribution is 6.35. The minimum absolute atomic E-state index is 0.617. The molecule has 0 fully saturated rings. The molecule has 0 atom stereocenters. The number of ether oxygens (including phenoxy) is 1. The monoisotopic (exact) mass is 264 g/mol. The molecule has 0 amide bonds. The summed E-state index contributed by atoms with van der Waals surface area (Å²) in [4.78, 5) is 0. The zero-order chi connectivity index (χ0) is 12.8. The van der Waals surface area contributed by atoms with Crippen molar-refractivity contribution < 1.29 is 4.74 Å². The number of nitrogens with two attached hydrogens (primary N) is 1. The fraction of sp³-hybridized carbons (Fsp3) is 0.286. The van der Waals surface area contributed by atoms with Crippen LogP contribution in [0.3, 0.4) is 0 Å². The van der Waals surface area contributed by atoms with Crippen molar-refractivity contribution in [2.24, 2.45) is 5.73 Å². The number of nitrogens with one attached hydrogen (secondary N) is 1. The number of fused-ring (bicyclic) bond motifs is 1. The van der Waals surface area contributed by atoms with Gasteiger partial charge in [-0.05, 0) is 12.1 Å². The van der Waals surface area contributed by atoms with Crippen LogP contribution in [0.15, 0.2) is 36.4 Å². The third kappa shape index (κ3) is 3.13. The number of benzene rings is 2. The van der Waals surface area contributed by atoms with E-state index in [0.29, 0.717) is 13.2 Å². The molecule has 0 saturated carbocycles. The molecule has 0 spiro atoms. The van der Waals surface area contributed by atoms with Crippen LogP contribution in [-0.2, 0) is 0 Å². The average molecular weight is 265 g/mol. The molecule has 0 bridgehead atoms. The van der Waals surface area contributed by atoms with E-state index >= 15 is 0 Å². The summed E-state index contributed by atoms with van der Waals surface area (Å²) in [6, 6.07) is 11.8. The van der Waals surface area contributed by atoms with Gasteiger partial charge in [0.05, 0.1) is 0 Å². The Morgan fingerprint density at radius 2 is 1.83 bits per heavy atom. The number of rotatable bonds is 6. The van der Waals surface area contributed by atoms with E-state index in [4.69, 9.17) is 22.1 Å². The van der Waals surface area contributed by atoms with Crippen molar-refractivity contribution in [1.29, 1.82) is 0 Å². The van der Waals surface area contributed by atoms with Gasteiger partial charge in [0.2, 0.25) is 0 Å². The summed E-state index contributed by atoms with van der Waals surface area (Å²) in [7, 11) is 0. The Bertz CT molecular complexity index is 516. The highest BCUT2D eigenvalue weighted by Gasteiger charge is 2.04. The van der Waals surface area contributed by atoms with Crippen LogP contribution >= 0.6 is 11.6 Å². The molecule has 0 heterocycles. The molecule has 0 aromatic heterocycles. The molecule has 0 aliphatic carbocycles. The molecule has 2 aromatic carbocycles. The normalized spacial score (nSPS) is 10.8. The van der Waals surface area contributed by atoms with Gasteiger partial charge in [0.15, 0.2) is 0 Å². The van der Waals surface area contributed by atoms with E-state index in [1.54, 1.807) is 0 Å². The molecule has 3 N–H and O–H groups in total. The van der Waals surface area contributed by atoms with Gasteiger partial charge >= 0.3 is 0 Å². The Morgan fingerprint density at radius 1 is 1.06 bits per heavy atom. The minimum Gasteiger partial charge on any atom is -0.492 e. The molecule has 18 heavy (non-hydrogen) atoms. The number of hydrogen-bond acceptors (Lipinski definition) is 3. The Morgan fingerprint density at radius 3 is 2.61 bits per heavy atom. The largest absolute Gasteiger partial charge is 0.492 e. The molecule has 0 unspecified atom stereocenters. The smallest absolute Gasteiger partial charge is 0.127 e. The summed E-state index contributed by atoms with van der Waals surface area (Å²) in [6.45, 7) is 2.86. The Hall–Kier alpha value is -1.29. The highest BCUT2D eigenvalue weighted by Crippen LogP contribution is 2.31. The van der Waals surface area contributed by atoms with E-state index in [2.05, 4.69) is 5.32 Å². The predicted octanol–water partition coefficient (Wildman–Crippen LogP) is 2.42. The lowest BCUT2D eigenvalue weighted by Crippen LogP contribution is -2.26. The van der Waals surface area contributed by atoms with Crippen LogP contribution in [0.1, 0.15) is 0 Å². The lowest BCUT2D eigenvalue weighted by atomic mass is 10.1. The van der Waals surface area contributed by atoms with Gasteiger partial charge < -0.3 is 15.8 Å². The fourth-order valence-electron chi connectivity index (χ4n) is 1.82. The van der Waals surface area contributed by atoms with Crippen LogP contribution in [0, 0.1) is 0 Å². The van der Waals surface area contributed by atoms with Crippen molar-refractivity contribution >= 4 is 22.4 Å². The van der Waals surface area contributed by atoms with Crippen LogP contribution in [0.5, 0.6) is 5.75 Å². The molecule has 0 radical (unpaired) electrons. The first-order valence-corrected chi connectivity index (χ1v) is 6.41. The van der Waals surface area contributed by atoms with E-state index in [9.17, 15) is 0 Å². The van der Waals surface area contributed by atoms with E-state index in [1.165, 1.54) is 0 Å². The first-order valence-electron chi connectivity index (χ1n) is 6.04. The second kappa shape index (κ2) is 6.59. The Balaban J connectivity index is 2.07. The summed E-state index contributed by atoms with van der Waals surface area (Å²) < 4.78 is 5.76. The third-order valence-electron chi connectivity index (χ3n) is 2.69. The summed E-state index contributed by atoms with van der Waals surface area (Å²) in [5, 5.41) is 6.00. The van der Waals surface area contributed by atoms with Gasteiger partial charge in [-0.2, -0.15) is 0 Å². The Kier molecular flexibility index (Phi) is 4.81. The van der Waals surface area contributed by atoms with E-state index < -0.39 is 0 Å². The SMILES string of the molecule is NCCNCCOc1ccc(Cl)c2ccccc12. The topological polar surface area (TPSA) is 47.3 Å². The summed E-state index contributed by atoms with van der Waals surface area (Å²) in [6.07, 6.45) is 0. The maximum atomic E-state index is 6.15. The lowest BCUT2D eigenvalue weighted by molar-refractivity contribution is 0.318. The molecule has 96 valence electrons. The van der Waals surface area contributed by atoms with Crippen molar-refractivity contribution in [3.05, 3.63) is 41.4 Å². The molecule has 2 aromatic rings. The molecular formula is C14H17ClN2O. The van der Waals surface area contributed by atoms with Gasteiger partial charge in [-0.1, -0.05) is 35.9 Å². The first-order chi connectivity index (χ1) is 8.83. The van der Waals surface area contributed by atoms with Crippen molar-refractivity contribution in [3.63, 3.8) is 0 Å². The number of hydrogen-bond donors (Lipinski definition) is 2. The fourth-order valence-corrected chi connectivity index (χ4v) is 2.05. The van der Waals surface area contributed by atoms with Crippen LogP contribution < -0.4 is 15.8 Å². The van der Waals surface area contributed by atoms with Crippen molar-refractivity contribution in [2.75, 3.05) is 26.2 Å². The van der Waals surface area contributed by atoms with Gasteiger partial charge in [-0.3, -0.25) is 0 Å². The third-order valence-corrected chi connectivity index (χ3v) is 3.02. The maximum absolute atomic E-state index is 6.15. The highest BCUT2D eigenvalue weighted by atomic mass is 35.5. The zero-order valence-corrected chi connectivity index (χ0v) is 10.9. The van der Waals surface area contributed by atoms with Crippen LogP contribution in [0.4, 0.5) is 0 Å². The molecule has 0 aliphatic heterocycles. The van der Waals surface area contributed by atoms with Crippen molar-refractivity contribution in [2.45, 2.75) is 0 Å². The summed E-state index contributed by atoms with van der Waals surface area (Å²) >= 11 is 6.15. The van der Waals surface area contributed by atoms with Crippen LogP contribution in [0.25, 0.3) is 10.8 Å². The second-order valence-corrected chi connectivity index (χ2v) is 4.39. The standard InChI is InChI=1S/C14H17ClN2O/c15-13-5-6-14(18-10-9-17-8-7-16)12-4-2-1-3-11(12)13/h1-6,17H,7-10,16H2. The van der Waals surface area contributed by atoms with E-state index in [1.807, 2.05) is 36.4 Å². The summed E-state index contributed by atoms with van der Waals surface area (Å²) in [5.41, 5.74) is 5.39. The molecule has 2 rings (SSSR count). The number of halogens is 1. The van der Waals surface area contributed by atoms with Gasteiger partial charge in [0, 0.05) is 35.4 Å². The van der Waals surface area contributed by atoms with Gasteiger partial charge in [0.25, 0.3) is 0 Å². The average Bonchev–Trinajstić information content (AvgIpc) is 2.41. The molecule has 4 heteroatoms. The van der Waals surface area contributed by atoms with Gasteiger partial charge in [-0.25, -0.2) is 0 Å².